The summed E-state index contributed by atoms with van der Waals surface area (Å²) >= 11 is 1.69. The zero-order valence-corrected chi connectivity index (χ0v) is 11.5. The average Bonchev–Trinajstić information content (AvgIpc) is 3.12. The van der Waals surface area contributed by atoms with E-state index in [-0.39, 0.29) is 6.03 Å². The Kier molecular flexibility index (Phi) is 3.64. The Morgan fingerprint density at radius 2 is 2.05 bits per heavy atom. The molecule has 0 unspecified atom stereocenters. The molecule has 0 bridgehead atoms. The summed E-state index contributed by atoms with van der Waals surface area (Å²) in [5, 5.41) is 15.5. The second-order valence-electron chi connectivity index (χ2n) is 4.38. The zero-order valence-electron chi connectivity index (χ0n) is 10.7. The SMILES string of the molecule is O=C(NCc1ccn[nH]1)NCc1csc2ccccc12. The molecule has 3 N–H and O–H groups in total. The van der Waals surface area contributed by atoms with Crippen LogP contribution < -0.4 is 10.6 Å². The first-order valence-corrected chi connectivity index (χ1v) is 7.16. The van der Waals surface area contributed by atoms with Gasteiger partial charge in [0.05, 0.1) is 12.2 Å². The minimum atomic E-state index is -0.185. The van der Waals surface area contributed by atoms with Gasteiger partial charge in [0, 0.05) is 17.4 Å². The summed E-state index contributed by atoms with van der Waals surface area (Å²) in [5.41, 5.74) is 2.02. The molecule has 20 heavy (non-hydrogen) atoms. The zero-order chi connectivity index (χ0) is 13.8. The van der Waals surface area contributed by atoms with Crippen molar-refractivity contribution >= 4 is 27.5 Å². The van der Waals surface area contributed by atoms with Crippen molar-refractivity contribution in [1.82, 2.24) is 20.8 Å². The molecule has 6 heteroatoms. The monoisotopic (exact) mass is 286 g/mol. The quantitative estimate of drug-likeness (QED) is 0.690. The van der Waals surface area contributed by atoms with Gasteiger partial charge in [0.2, 0.25) is 0 Å². The fourth-order valence-electron chi connectivity index (χ4n) is 1.97. The van der Waals surface area contributed by atoms with E-state index in [0.717, 1.165) is 11.3 Å². The van der Waals surface area contributed by atoms with E-state index in [1.807, 2.05) is 18.2 Å². The van der Waals surface area contributed by atoms with Gasteiger partial charge >= 0.3 is 6.03 Å². The van der Waals surface area contributed by atoms with Crippen molar-refractivity contribution in [1.29, 1.82) is 0 Å². The highest BCUT2D eigenvalue weighted by atomic mass is 32.1. The number of amides is 2. The normalized spacial score (nSPS) is 10.6. The van der Waals surface area contributed by atoms with Gasteiger partial charge in [-0.1, -0.05) is 18.2 Å². The third-order valence-electron chi connectivity index (χ3n) is 3.00. The Morgan fingerprint density at radius 1 is 1.20 bits per heavy atom. The van der Waals surface area contributed by atoms with Crippen LogP contribution in [-0.2, 0) is 13.1 Å². The molecule has 2 amide bonds. The van der Waals surface area contributed by atoms with E-state index in [1.54, 1.807) is 17.5 Å². The number of aromatic nitrogens is 2. The predicted molar refractivity (Wildman–Crippen MR) is 79.5 cm³/mol. The molecule has 102 valence electrons. The molecule has 0 aliphatic carbocycles. The largest absolute Gasteiger partial charge is 0.334 e. The number of nitrogens with one attached hydrogen (secondary N) is 3. The van der Waals surface area contributed by atoms with E-state index in [0.29, 0.717) is 13.1 Å². The van der Waals surface area contributed by atoms with Crippen LogP contribution in [0, 0.1) is 0 Å². The molecule has 1 aromatic carbocycles. The number of aromatic amines is 1. The van der Waals surface area contributed by atoms with Crippen molar-refractivity contribution in [2.75, 3.05) is 0 Å². The minimum Gasteiger partial charge on any atom is -0.334 e. The number of fused-ring (bicyclic) bond motifs is 1. The first-order valence-electron chi connectivity index (χ1n) is 6.28. The van der Waals surface area contributed by atoms with Crippen molar-refractivity contribution in [3.63, 3.8) is 0 Å². The van der Waals surface area contributed by atoms with Gasteiger partial charge in [-0.25, -0.2) is 4.79 Å². The standard InChI is InChI=1S/C14H14N4OS/c19-14(16-8-11-5-6-17-18-11)15-7-10-9-20-13-4-2-1-3-12(10)13/h1-6,9H,7-8H2,(H,17,18)(H2,15,16,19). The van der Waals surface area contributed by atoms with Crippen LogP contribution in [0.2, 0.25) is 0 Å². The second kappa shape index (κ2) is 5.75. The van der Waals surface area contributed by atoms with Crippen LogP contribution in [0.4, 0.5) is 4.79 Å². The molecular formula is C14H14N4OS. The van der Waals surface area contributed by atoms with Gasteiger partial charge in [-0.3, -0.25) is 5.10 Å². The summed E-state index contributed by atoms with van der Waals surface area (Å²) in [4.78, 5) is 11.7. The van der Waals surface area contributed by atoms with Gasteiger partial charge in [-0.15, -0.1) is 11.3 Å². The van der Waals surface area contributed by atoms with E-state index >= 15 is 0 Å². The van der Waals surface area contributed by atoms with Crippen LogP contribution in [0.1, 0.15) is 11.3 Å². The molecule has 0 spiro atoms. The van der Waals surface area contributed by atoms with Crippen molar-refractivity contribution < 1.29 is 4.79 Å². The second-order valence-corrected chi connectivity index (χ2v) is 5.29. The van der Waals surface area contributed by atoms with Crippen LogP contribution in [0.3, 0.4) is 0 Å². The molecule has 0 aliphatic rings. The Bertz CT molecular complexity index is 705. The Hall–Kier alpha value is -2.34. The molecule has 0 fully saturated rings. The van der Waals surface area contributed by atoms with E-state index in [9.17, 15) is 4.79 Å². The van der Waals surface area contributed by atoms with Gasteiger partial charge in [0.15, 0.2) is 0 Å². The lowest BCUT2D eigenvalue weighted by Crippen LogP contribution is -2.34. The lowest BCUT2D eigenvalue weighted by molar-refractivity contribution is 0.240. The first-order chi connectivity index (χ1) is 9.83. The number of rotatable bonds is 4. The van der Waals surface area contributed by atoms with Gasteiger partial charge in [0.1, 0.15) is 0 Å². The average molecular weight is 286 g/mol. The number of benzene rings is 1. The number of hydrogen-bond acceptors (Lipinski definition) is 3. The predicted octanol–water partition coefficient (Wildman–Crippen LogP) is 2.62. The lowest BCUT2D eigenvalue weighted by Gasteiger charge is -2.06. The molecule has 5 nitrogen and oxygen atoms in total. The molecule has 0 aliphatic heterocycles. The fourth-order valence-corrected chi connectivity index (χ4v) is 2.93. The highest BCUT2D eigenvalue weighted by Gasteiger charge is 2.05. The number of nitrogens with zero attached hydrogens (tertiary/aromatic N) is 1. The van der Waals surface area contributed by atoms with E-state index in [2.05, 4.69) is 38.3 Å². The third-order valence-corrected chi connectivity index (χ3v) is 4.01. The van der Waals surface area contributed by atoms with Gasteiger partial charge < -0.3 is 10.6 Å². The number of hydrogen-bond donors (Lipinski definition) is 3. The van der Waals surface area contributed by atoms with Gasteiger partial charge in [0.25, 0.3) is 0 Å². The summed E-state index contributed by atoms with van der Waals surface area (Å²) in [7, 11) is 0. The van der Waals surface area contributed by atoms with Crippen LogP contribution in [0.25, 0.3) is 10.1 Å². The fraction of sp³-hybridized carbons (Fsp3) is 0.143. The summed E-state index contributed by atoms with van der Waals surface area (Å²) in [5.74, 6) is 0. The van der Waals surface area contributed by atoms with Crippen molar-refractivity contribution in [3.8, 4) is 0 Å². The smallest absolute Gasteiger partial charge is 0.315 e. The highest BCUT2D eigenvalue weighted by Crippen LogP contribution is 2.25. The number of carbonyl (C=O) groups excluding carboxylic acids is 1. The highest BCUT2D eigenvalue weighted by molar-refractivity contribution is 7.17. The van der Waals surface area contributed by atoms with Crippen LogP contribution in [0.5, 0.6) is 0 Å². The maximum atomic E-state index is 11.7. The van der Waals surface area contributed by atoms with E-state index < -0.39 is 0 Å². The number of H-pyrrole nitrogens is 1. The van der Waals surface area contributed by atoms with Crippen molar-refractivity contribution in [2.24, 2.45) is 0 Å². The minimum absolute atomic E-state index is 0.185. The lowest BCUT2D eigenvalue weighted by atomic mass is 10.2. The maximum absolute atomic E-state index is 11.7. The van der Waals surface area contributed by atoms with Gasteiger partial charge in [-0.2, -0.15) is 5.10 Å². The molecule has 0 atom stereocenters. The third kappa shape index (κ3) is 2.80. The number of thiophene rings is 1. The first kappa shape index (κ1) is 12.7. The van der Waals surface area contributed by atoms with Gasteiger partial charge in [-0.05, 0) is 28.5 Å². The summed E-state index contributed by atoms with van der Waals surface area (Å²) in [6.45, 7) is 0.967. The molecule has 3 rings (SSSR count). The van der Waals surface area contributed by atoms with E-state index in [1.165, 1.54) is 10.1 Å². The molecule has 3 aromatic rings. The Labute approximate surface area is 120 Å². The maximum Gasteiger partial charge on any atom is 0.315 e. The molecule has 0 saturated carbocycles. The Morgan fingerprint density at radius 3 is 2.90 bits per heavy atom. The molecule has 2 heterocycles. The van der Waals surface area contributed by atoms with Crippen LogP contribution in [0.15, 0.2) is 41.9 Å². The summed E-state index contributed by atoms with van der Waals surface area (Å²) in [6, 6.07) is 9.83. The van der Waals surface area contributed by atoms with Crippen LogP contribution in [-0.4, -0.2) is 16.2 Å². The van der Waals surface area contributed by atoms with Crippen LogP contribution >= 0.6 is 11.3 Å². The number of urea groups is 1. The van der Waals surface area contributed by atoms with E-state index in [4.69, 9.17) is 0 Å². The molecular weight excluding hydrogens is 272 g/mol. The number of carbonyl (C=O) groups is 1. The molecule has 2 aromatic heterocycles. The topological polar surface area (TPSA) is 69.8 Å². The molecule has 0 saturated heterocycles. The Balaban J connectivity index is 1.55. The van der Waals surface area contributed by atoms with Crippen molar-refractivity contribution in [2.45, 2.75) is 13.1 Å². The van der Waals surface area contributed by atoms with Crippen molar-refractivity contribution in [3.05, 3.63) is 53.2 Å². The summed E-state index contributed by atoms with van der Waals surface area (Å²) in [6.07, 6.45) is 1.66. The summed E-state index contributed by atoms with van der Waals surface area (Å²) < 4.78 is 1.24. The molecule has 0 radical (unpaired) electrons.